The molecule has 0 aromatic carbocycles. The summed E-state index contributed by atoms with van der Waals surface area (Å²) < 4.78 is 34.1. The third kappa shape index (κ3) is 45400. The fraction of sp³-hybridized carbons (Fsp3) is 0. The zero-order valence-electron chi connectivity index (χ0n) is 5.37. The Morgan fingerprint density at radius 3 is 0.667 bits per heavy atom. The van der Waals surface area contributed by atoms with Crippen LogP contribution in [0.1, 0.15) is 0 Å². The zero-order valence-corrected chi connectivity index (χ0v) is 7.23. The smallest absolute Gasteiger partial charge is 0.759 e. The van der Waals surface area contributed by atoms with Crippen LogP contribution in [0.3, 0.4) is 0 Å². The van der Waals surface area contributed by atoms with Crippen molar-refractivity contribution in [3.63, 3.8) is 0 Å². The molecule has 0 rings (SSSR count). The molecule has 10 nitrogen and oxygen atoms in total. The molecule has 0 atom stereocenters. The van der Waals surface area contributed by atoms with Gasteiger partial charge in [-0.1, -0.05) is 0 Å². The molecule has 0 spiro atoms. The zero-order chi connectivity index (χ0) is 4.50. The van der Waals surface area contributed by atoms with Gasteiger partial charge in [-0.05, 0) is 0 Å². The Kier molecular flexibility index (Phi) is 223. The Balaban J connectivity index is -0.00000000381. The molecule has 0 aromatic rings. The molecule has 0 aliphatic rings. The van der Waals surface area contributed by atoms with Crippen molar-refractivity contribution in [2.45, 2.75) is 0 Å². The fourth-order valence-corrected chi connectivity index (χ4v) is 0. The Bertz CT molecular complexity index is 93.0. The molecule has 0 amide bonds. The minimum atomic E-state index is -5.17. The van der Waals surface area contributed by atoms with Crippen molar-refractivity contribution in [2.75, 3.05) is 0 Å². The third-order valence-electron chi connectivity index (χ3n) is 0. The van der Waals surface area contributed by atoms with E-state index in [4.69, 9.17) is 17.5 Å². The number of hydrogen-bond acceptors (Lipinski definition) is 4. The fourth-order valence-electron chi connectivity index (χ4n) is 0. The maximum Gasteiger partial charge on any atom is 2.00 e. The van der Waals surface area contributed by atoms with Gasteiger partial charge in [-0.25, -0.2) is 0 Å². The van der Waals surface area contributed by atoms with Crippen molar-refractivity contribution in [1.82, 2.24) is 0 Å². The van der Waals surface area contributed by atoms with Gasteiger partial charge in [-0.15, -0.1) is 0 Å². The van der Waals surface area contributed by atoms with Gasteiger partial charge in [0, 0.05) is 10.4 Å². The molecule has 87 valence electrons. The SMILES string of the molecule is O.O.O.O.O.O.O=S(=O)([O-])[O-].[Co+2]. The van der Waals surface area contributed by atoms with Gasteiger partial charge in [-0.2, -0.15) is 0 Å². The van der Waals surface area contributed by atoms with Crippen molar-refractivity contribution in [1.29, 1.82) is 0 Å². The largest absolute Gasteiger partial charge is 2.00 e. The van der Waals surface area contributed by atoms with E-state index in [0.717, 1.165) is 0 Å². The Hall–Kier alpha value is 0.136. The van der Waals surface area contributed by atoms with Crippen LogP contribution in [0, 0.1) is 0 Å². The number of rotatable bonds is 0. The second kappa shape index (κ2) is 30.4. The monoisotopic (exact) mass is 263 g/mol. The molecule has 0 heterocycles. The molecule has 0 fully saturated rings. The molecule has 12 N–H and O–H groups in total. The predicted octanol–water partition coefficient (Wildman–Crippen LogP) is -6.29. The van der Waals surface area contributed by atoms with E-state index in [2.05, 4.69) is 0 Å². The maximum atomic E-state index is 8.52. The van der Waals surface area contributed by atoms with Crippen LogP contribution >= 0.6 is 0 Å². The Morgan fingerprint density at radius 1 is 0.667 bits per heavy atom. The quantitative estimate of drug-likeness (QED) is 0.304. The summed E-state index contributed by atoms with van der Waals surface area (Å²) in [6.45, 7) is 0. The van der Waals surface area contributed by atoms with Crippen LogP contribution in [-0.2, 0) is 27.2 Å². The normalized spacial score (nSPS) is 4.83. The van der Waals surface area contributed by atoms with E-state index in [0.29, 0.717) is 0 Å². The molecule has 0 aromatic heterocycles. The maximum absolute atomic E-state index is 8.52. The van der Waals surface area contributed by atoms with Crippen molar-refractivity contribution in [2.24, 2.45) is 0 Å². The minimum Gasteiger partial charge on any atom is -0.759 e. The summed E-state index contributed by atoms with van der Waals surface area (Å²) >= 11 is 0. The topological polar surface area (TPSA) is 269 Å². The van der Waals surface area contributed by atoms with Gasteiger partial charge in [-0.3, -0.25) is 8.42 Å². The first-order valence-electron chi connectivity index (χ1n) is 0.667. The predicted molar refractivity (Wildman–Crippen MR) is 32.2 cm³/mol. The first-order chi connectivity index (χ1) is 2.00. The van der Waals surface area contributed by atoms with E-state index in [1.54, 1.807) is 0 Å². The summed E-state index contributed by atoms with van der Waals surface area (Å²) in [5.74, 6) is 0. The van der Waals surface area contributed by atoms with E-state index in [1.807, 2.05) is 0 Å². The second-order valence-electron chi connectivity index (χ2n) is 0.408. The van der Waals surface area contributed by atoms with Gasteiger partial charge in [0.2, 0.25) is 0 Å². The van der Waals surface area contributed by atoms with Crippen LogP contribution < -0.4 is 0 Å². The summed E-state index contributed by atoms with van der Waals surface area (Å²) in [7, 11) is -5.17. The van der Waals surface area contributed by atoms with E-state index >= 15 is 0 Å². The average Bonchev–Trinajstić information content (AvgIpc) is 0.722. The van der Waals surface area contributed by atoms with Crippen molar-refractivity contribution in [3.8, 4) is 0 Å². The summed E-state index contributed by atoms with van der Waals surface area (Å²) in [6.07, 6.45) is 0. The van der Waals surface area contributed by atoms with Crippen molar-refractivity contribution < 1.29 is 67.2 Å². The molecule has 1 radical (unpaired) electrons. The van der Waals surface area contributed by atoms with Gasteiger partial charge in [0.15, 0.2) is 0 Å². The molecule has 12 heavy (non-hydrogen) atoms. The van der Waals surface area contributed by atoms with Gasteiger partial charge < -0.3 is 42.0 Å². The van der Waals surface area contributed by atoms with Crippen LogP contribution in [0.4, 0.5) is 0 Å². The summed E-state index contributed by atoms with van der Waals surface area (Å²) in [5, 5.41) is 0. The summed E-state index contributed by atoms with van der Waals surface area (Å²) in [6, 6.07) is 0. The molecule has 0 unspecified atom stereocenters. The molecule has 0 aliphatic carbocycles. The first-order valence-corrected chi connectivity index (χ1v) is 2.00. The first kappa shape index (κ1) is 88.0. The molecule has 0 saturated heterocycles. The molecular formula is H12CoO10S. The third-order valence-corrected chi connectivity index (χ3v) is 0. The molecular weight excluding hydrogens is 251 g/mol. The standard InChI is InChI=1S/Co.H2O4S.6H2O/c;1-5(2,3)4;;;;;;/h;(H2,1,2,3,4);6*1H2/q+2;;;;;;;/p-2. The van der Waals surface area contributed by atoms with E-state index in [9.17, 15) is 0 Å². The molecule has 0 aliphatic heterocycles. The average molecular weight is 263 g/mol. The van der Waals surface area contributed by atoms with Crippen LogP contribution in [0.15, 0.2) is 0 Å². The Labute approximate surface area is 78.2 Å². The van der Waals surface area contributed by atoms with Gasteiger partial charge in [0.1, 0.15) is 0 Å². The summed E-state index contributed by atoms with van der Waals surface area (Å²) in [5.41, 5.74) is 0. The molecule has 0 saturated carbocycles. The van der Waals surface area contributed by atoms with Gasteiger partial charge in [0.05, 0.1) is 0 Å². The van der Waals surface area contributed by atoms with E-state index in [1.165, 1.54) is 0 Å². The van der Waals surface area contributed by atoms with Crippen LogP contribution in [0.25, 0.3) is 0 Å². The van der Waals surface area contributed by atoms with E-state index in [-0.39, 0.29) is 49.6 Å². The van der Waals surface area contributed by atoms with Crippen LogP contribution in [0.5, 0.6) is 0 Å². The number of hydrogen-bond donors (Lipinski definition) is 0. The summed E-state index contributed by atoms with van der Waals surface area (Å²) in [4.78, 5) is 0. The Morgan fingerprint density at radius 2 is 0.667 bits per heavy atom. The van der Waals surface area contributed by atoms with Crippen LogP contribution in [-0.4, -0.2) is 50.4 Å². The molecule has 12 heteroatoms. The van der Waals surface area contributed by atoms with E-state index < -0.39 is 10.4 Å². The van der Waals surface area contributed by atoms with Gasteiger partial charge in [0.25, 0.3) is 0 Å². The van der Waals surface area contributed by atoms with Crippen molar-refractivity contribution >= 4 is 10.4 Å². The van der Waals surface area contributed by atoms with Gasteiger partial charge >= 0.3 is 16.8 Å². The minimum absolute atomic E-state index is 0. The molecule has 0 bridgehead atoms. The van der Waals surface area contributed by atoms with Crippen molar-refractivity contribution in [3.05, 3.63) is 0 Å². The van der Waals surface area contributed by atoms with Crippen LogP contribution in [0.2, 0.25) is 0 Å². The second-order valence-corrected chi connectivity index (χ2v) is 1.22.